The van der Waals surface area contributed by atoms with Crippen LogP contribution in [0.2, 0.25) is 0 Å². The van der Waals surface area contributed by atoms with Crippen LogP contribution in [0, 0.1) is 11.8 Å². The van der Waals surface area contributed by atoms with Gasteiger partial charge in [0.25, 0.3) is 0 Å². The Balaban J connectivity index is 4.16. The monoisotopic (exact) mass is 240 g/mol. The quantitative estimate of drug-likeness (QED) is 0.459. The van der Waals surface area contributed by atoms with Gasteiger partial charge in [0, 0.05) is 0 Å². The van der Waals surface area contributed by atoms with Crippen molar-refractivity contribution in [3.05, 3.63) is 0 Å². The maximum Gasteiger partial charge on any atom is 0.341 e. The SMILES string of the molecule is O=C(CC(O)C#CCO)OS(=O)(=O)CF. The molecule has 6 nitrogen and oxygen atoms in total. The van der Waals surface area contributed by atoms with Crippen LogP contribution in [-0.2, 0) is 19.1 Å². The van der Waals surface area contributed by atoms with Gasteiger partial charge in [0.1, 0.15) is 12.7 Å². The molecule has 2 N–H and O–H groups in total. The smallest absolute Gasteiger partial charge is 0.341 e. The van der Waals surface area contributed by atoms with Crippen LogP contribution in [0.5, 0.6) is 0 Å². The van der Waals surface area contributed by atoms with E-state index in [0.29, 0.717) is 0 Å². The summed E-state index contributed by atoms with van der Waals surface area (Å²) in [5, 5.41) is 17.2. The Morgan fingerprint density at radius 3 is 2.60 bits per heavy atom. The molecule has 86 valence electrons. The van der Waals surface area contributed by atoms with Crippen LogP contribution in [-0.4, -0.2) is 43.3 Å². The molecule has 0 spiro atoms. The van der Waals surface area contributed by atoms with Crippen molar-refractivity contribution in [3.63, 3.8) is 0 Å². The van der Waals surface area contributed by atoms with Crippen LogP contribution < -0.4 is 0 Å². The third-order valence-corrected chi connectivity index (χ3v) is 1.77. The van der Waals surface area contributed by atoms with Gasteiger partial charge in [-0.25, -0.2) is 4.39 Å². The lowest BCUT2D eigenvalue weighted by Gasteiger charge is -2.03. The number of rotatable bonds is 4. The lowest BCUT2D eigenvalue weighted by molar-refractivity contribution is -0.135. The number of aliphatic hydroxyl groups is 2. The van der Waals surface area contributed by atoms with Crippen molar-refractivity contribution in [2.24, 2.45) is 0 Å². The zero-order valence-corrected chi connectivity index (χ0v) is 8.33. The normalized spacial score (nSPS) is 12.5. The molecule has 0 aromatic carbocycles. The van der Waals surface area contributed by atoms with Gasteiger partial charge < -0.3 is 14.4 Å². The largest absolute Gasteiger partial charge is 0.384 e. The van der Waals surface area contributed by atoms with E-state index in [0.717, 1.165) is 0 Å². The highest BCUT2D eigenvalue weighted by atomic mass is 32.2. The molecule has 0 rings (SSSR count). The van der Waals surface area contributed by atoms with Gasteiger partial charge in [-0.15, -0.1) is 0 Å². The second-order valence-corrected chi connectivity index (χ2v) is 3.82. The minimum Gasteiger partial charge on any atom is -0.384 e. The van der Waals surface area contributed by atoms with Gasteiger partial charge in [-0.05, 0) is 0 Å². The van der Waals surface area contributed by atoms with E-state index in [9.17, 15) is 17.6 Å². The van der Waals surface area contributed by atoms with Crippen molar-refractivity contribution in [2.75, 3.05) is 12.6 Å². The topological polar surface area (TPSA) is 101 Å². The molecular weight excluding hydrogens is 231 g/mol. The molecule has 0 aliphatic heterocycles. The third-order valence-electron chi connectivity index (χ3n) is 1.06. The molecular formula is C7H9FO6S. The number of aliphatic hydroxyl groups excluding tert-OH is 2. The van der Waals surface area contributed by atoms with Crippen LogP contribution >= 0.6 is 0 Å². The van der Waals surface area contributed by atoms with E-state index in [1.807, 2.05) is 5.92 Å². The van der Waals surface area contributed by atoms with E-state index in [4.69, 9.17) is 10.2 Å². The predicted molar refractivity (Wildman–Crippen MR) is 46.5 cm³/mol. The Bertz CT molecular complexity index is 365. The zero-order chi connectivity index (χ0) is 11.9. The number of alkyl halides is 1. The Hall–Kier alpha value is -1.17. The predicted octanol–water partition coefficient (Wildman–Crippen LogP) is -1.47. The summed E-state index contributed by atoms with van der Waals surface area (Å²) in [6, 6.07) is -1.82. The molecule has 1 atom stereocenters. The summed E-state index contributed by atoms with van der Waals surface area (Å²) < 4.78 is 36.2. The average molecular weight is 240 g/mol. The Labute approximate surface area is 85.8 Å². The van der Waals surface area contributed by atoms with Gasteiger partial charge in [-0.2, -0.15) is 8.42 Å². The van der Waals surface area contributed by atoms with Crippen LogP contribution in [0.4, 0.5) is 4.39 Å². The number of halogens is 1. The number of hydrogen-bond acceptors (Lipinski definition) is 6. The first-order valence-corrected chi connectivity index (χ1v) is 5.27. The van der Waals surface area contributed by atoms with E-state index in [2.05, 4.69) is 10.1 Å². The standard InChI is InChI=1S/C7H9FO6S/c8-5-15(12,13)14-7(11)4-6(10)2-1-3-9/h6,9-10H,3-5H2. The first-order chi connectivity index (χ1) is 6.91. The van der Waals surface area contributed by atoms with Crippen molar-refractivity contribution in [2.45, 2.75) is 12.5 Å². The fraction of sp³-hybridized carbons (Fsp3) is 0.571. The molecule has 0 aliphatic rings. The minimum atomic E-state index is -4.51. The molecule has 0 bridgehead atoms. The summed E-state index contributed by atoms with van der Waals surface area (Å²) in [4.78, 5) is 10.7. The van der Waals surface area contributed by atoms with Gasteiger partial charge in [0.15, 0.2) is 0 Å². The Morgan fingerprint density at radius 1 is 1.53 bits per heavy atom. The molecule has 8 heteroatoms. The van der Waals surface area contributed by atoms with Crippen molar-refractivity contribution < 1.29 is 32.0 Å². The highest BCUT2D eigenvalue weighted by Crippen LogP contribution is 2.00. The summed E-state index contributed by atoms with van der Waals surface area (Å²) in [5.41, 5.74) is 0. The van der Waals surface area contributed by atoms with Gasteiger partial charge in [-0.1, -0.05) is 11.8 Å². The second-order valence-electron chi connectivity index (χ2n) is 2.32. The molecule has 0 aromatic heterocycles. The zero-order valence-electron chi connectivity index (χ0n) is 7.51. The molecule has 0 heterocycles. The Kier molecular flexibility index (Phi) is 5.84. The molecule has 0 radical (unpaired) electrons. The van der Waals surface area contributed by atoms with Crippen molar-refractivity contribution in [1.82, 2.24) is 0 Å². The van der Waals surface area contributed by atoms with Gasteiger partial charge >= 0.3 is 16.1 Å². The number of carbonyl (C=O) groups excluding carboxylic acids is 1. The van der Waals surface area contributed by atoms with E-state index in [-0.39, 0.29) is 0 Å². The van der Waals surface area contributed by atoms with Crippen LogP contribution in [0.15, 0.2) is 0 Å². The molecule has 1 unspecified atom stereocenters. The van der Waals surface area contributed by atoms with E-state index in [1.54, 1.807) is 0 Å². The van der Waals surface area contributed by atoms with E-state index < -0.39 is 41.2 Å². The lowest BCUT2D eigenvalue weighted by atomic mass is 10.2. The summed E-state index contributed by atoms with van der Waals surface area (Å²) in [6.45, 7) is -0.505. The van der Waals surface area contributed by atoms with Crippen LogP contribution in [0.3, 0.4) is 0 Å². The fourth-order valence-corrected chi connectivity index (χ4v) is 0.966. The summed E-state index contributed by atoms with van der Waals surface area (Å²) >= 11 is 0. The molecule has 15 heavy (non-hydrogen) atoms. The van der Waals surface area contributed by atoms with Crippen molar-refractivity contribution in [1.29, 1.82) is 0 Å². The Morgan fingerprint density at radius 2 is 2.13 bits per heavy atom. The van der Waals surface area contributed by atoms with Crippen molar-refractivity contribution >= 4 is 16.1 Å². The van der Waals surface area contributed by atoms with E-state index >= 15 is 0 Å². The molecule has 0 amide bonds. The molecule has 0 aliphatic carbocycles. The minimum absolute atomic E-state index is 0.505. The van der Waals surface area contributed by atoms with Crippen molar-refractivity contribution in [3.8, 4) is 11.8 Å². The molecule has 0 saturated heterocycles. The van der Waals surface area contributed by atoms with Gasteiger partial charge in [0.2, 0.25) is 6.01 Å². The first kappa shape index (κ1) is 13.8. The second kappa shape index (κ2) is 6.34. The fourth-order valence-electron chi connectivity index (χ4n) is 0.570. The maximum absolute atomic E-state index is 11.7. The molecule has 0 aromatic rings. The summed E-state index contributed by atoms with van der Waals surface area (Å²) in [5.74, 6) is 2.77. The summed E-state index contributed by atoms with van der Waals surface area (Å²) in [6.07, 6.45) is -2.17. The highest BCUT2D eigenvalue weighted by Gasteiger charge is 2.18. The first-order valence-electron chi connectivity index (χ1n) is 3.69. The summed E-state index contributed by atoms with van der Waals surface area (Å²) in [7, 11) is -4.51. The van der Waals surface area contributed by atoms with Gasteiger partial charge in [-0.3, -0.25) is 4.79 Å². The number of carbonyl (C=O) groups is 1. The third kappa shape index (κ3) is 6.84. The van der Waals surface area contributed by atoms with E-state index in [1.165, 1.54) is 0 Å². The van der Waals surface area contributed by atoms with Crippen LogP contribution in [0.1, 0.15) is 6.42 Å². The maximum atomic E-state index is 11.7. The average Bonchev–Trinajstić information content (AvgIpc) is 2.13. The highest BCUT2D eigenvalue weighted by molar-refractivity contribution is 7.86. The lowest BCUT2D eigenvalue weighted by Crippen LogP contribution is -2.19. The molecule has 0 saturated carbocycles. The van der Waals surface area contributed by atoms with Gasteiger partial charge in [0.05, 0.1) is 6.42 Å². The van der Waals surface area contributed by atoms with Crippen LogP contribution in [0.25, 0.3) is 0 Å². The molecule has 0 fully saturated rings. The number of hydrogen-bond donors (Lipinski definition) is 2.